The Bertz CT molecular complexity index is 536. The van der Waals surface area contributed by atoms with E-state index in [1.165, 1.54) is 18.2 Å². The predicted octanol–water partition coefficient (Wildman–Crippen LogP) is 0.446. The number of benzene rings is 1. The molecule has 0 aromatic heterocycles. The van der Waals surface area contributed by atoms with Crippen molar-refractivity contribution >= 4 is 17.8 Å². The van der Waals surface area contributed by atoms with E-state index in [1.807, 2.05) is 6.92 Å². The molecular formula is C13H12NO4-. The van der Waals surface area contributed by atoms with Crippen molar-refractivity contribution < 1.29 is 19.5 Å². The Kier molecular flexibility index (Phi) is 3.14. The number of carbonyl (C=O) groups is 3. The van der Waals surface area contributed by atoms with Gasteiger partial charge < -0.3 is 9.90 Å². The van der Waals surface area contributed by atoms with Crippen LogP contribution in [0.25, 0.3) is 0 Å². The maximum Gasteiger partial charge on any atom is 0.261 e. The molecule has 2 rings (SSSR count). The van der Waals surface area contributed by atoms with E-state index >= 15 is 0 Å². The zero-order chi connectivity index (χ0) is 13.3. The number of unbranched alkanes of at least 4 members (excludes halogenated alkanes) is 1. The van der Waals surface area contributed by atoms with Crippen LogP contribution in [-0.2, 0) is 0 Å². The molecule has 94 valence electrons. The second kappa shape index (κ2) is 4.60. The zero-order valence-corrected chi connectivity index (χ0v) is 9.93. The molecule has 1 heterocycles. The van der Waals surface area contributed by atoms with Gasteiger partial charge in [0.25, 0.3) is 11.8 Å². The third-order valence-corrected chi connectivity index (χ3v) is 2.94. The lowest BCUT2D eigenvalue weighted by Gasteiger charge is -2.12. The number of hydrogen-bond donors (Lipinski definition) is 0. The summed E-state index contributed by atoms with van der Waals surface area (Å²) in [5.41, 5.74) is 0.325. The van der Waals surface area contributed by atoms with Crippen LogP contribution in [-0.4, -0.2) is 29.2 Å². The summed E-state index contributed by atoms with van der Waals surface area (Å²) in [7, 11) is 0. The first-order valence-electron chi connectivity index (χ1n) is 5.78. The summed E-state index contributed by atoms with van der Waals surface area (Å²) in [6, 6.07) is 3.85. The molecule has 5 heteroatoms. The number of aromatic carboxylic acids is 1. The molecule has 0 N–H and O–H groups in total. The van der Waals surface area contributed by atoms with Crippen LogP contribution in [0.15, 0.2) is 18.2 Å². The number of carboxylic acids is 1. The summed E-state index contributed by atoms with van der Waals surface area (Å²) < 4.78 is 0. The third kappa shape index (κ3) is 1.88. The molecule has 0 saturated carbocycles. The number of rotatable bonds is 4. The number of nitrogens with zero attached hydrogens (tertiary/aromatic N) is 1. The van der Waals surface area contributed by atoms with E-state index in [0.29, 0.717) is 6.54 Å². The Hall–Kier alpha value is -2.17. The lowest BCUT2D eigenvalue weighted by molar-refractivity contribution is -0.255. The van der Waals surface area contributed by atoms with Crippen LogP contribution in [0.4, 0.5) is 0 Å². The van der Waals surface area contributed by atoms with Gasteiger partial charge in [-0.3, -0.25) is 14.5 Å². The van der Waals surface area contributed by atoms with E-state index < -0.39 is 11.9 Å². The Labute approximate surface area is 104 Å². The summed E-state index contributed by atoms with van der Waals surface area (Å²) in [6.45, 7) is 2.33. The lowest BCUT2D eigenvalue weighted by Crippen LogP contribution is -2.30. The van der Waals surface area contributed by atoms with Crippen LogP contribution >= 0.6 is 0 Å². The summed E-state index contributed by atoms with van der Waals surface area (Å²) >= 11 is 0. The molecule has 0 aliphatic carbocycles. The molecule has 0 radical (unpaired) electrons. The fraction of sp³-hybridized carbons (Fsp3) is 0.308. The molecule has 0 spiro atoms. The Balaban J connectivity index is 2.36. The summed E-state index contributed by atoms with van der Waals surface area (Å²) in [4.78, 5) is 35.8. The van der Waals surface area contributed by atoms with Crippen molar-refractivity contribution in [3.8, 4) is 0 Å². The van der Waals surface area contributed by atoms with Gasteiger partial charge in [-0.15, -0.1) is 0 Å². The molecular weight excluding hydrogens is 234 g/mol. The van der Waals surface area contributed by atoms with Gasteiger partial charge in [0, 0.05) is 6.54 Å². The molecule has 0 unspecified atom stereocenters. The first-order valence-corrected chi connectivity index (χ1v) is 5.78. The van der Waals surface area contributed by atoms with E-state index in [2.05, 4.69) is 0 Å². The molecule has 1 aliphatic rings. The quantitative estimate of drug-likeness (QED) is 0.722. The highest BCUT2D eigenvalue weighted by Crippen LogP contribution is 2.24. The number of fused-ring (bicyclic) bond motifs is 1. The van der Waals surface area contributed by atoms with E-state index in [9.17, 15) is 19.5 Å². The first-order chi connectivity index (χ1) is 8.56. The second-order valence-electron chi connectivity index (χ2n) is 4.16. The normalized spacial score (nSPS) is 13.9. The van der Waals surface area contributed by atoms with Gasteiger partial charge in [-0.25, -0.2) is 0 Å². The molecule has 0 saturated heterocycles. The second-order valence-corrected chi connectivity index (χ2v) is 4.16. The van der Waals surface area contributed by atoms with E-state index in [0.717, 1.165) is 17.7 Å². The minimum atomic E-state index is -1.36. The van der Waals surface area contributed by atoms with Crippen molar-refractivity contribution in [1.29, 1.82) is 0 Å². The number of carboxylic acid groups (broad SMARTS) is 1. The van der Waals surface area contributed by atoms with Crippen LogP contribution in [0.3, 0.4) is 0 Å². The van der Waals surface area contributed by atoms with Crippen LogP contribution in [0.2, 0.25) is 0 Å². The molecule has 2 amide bonds. The van der Waals surface area contributed by atoms with E-state index in [4.69, 9.17) is 0 Å². The van der Waals surface area contributed by atoms with Gasteiger partial charge in [0.15, 0.2) is 0 Å². The summed E-state index contributed by atoms with van der Waals surface area (Å²) in [5, 5.41) is 10.7. The minimum Gasteiger partial charge on any atom is -0.545 e. The molecule has 1 aliphatic heterocycles. The fourth-order valence-electron chi connectivity index (χ4n) is 1.94. The van der Waals surface area contributed by atoms with Gasteiger partial charge in [-0.2, -0.15) is 0 Å². The molecule has 0 fully saturated rings. The maximum atomic E-state index is 12.0. The Morgan fingerprint density at radius 3 is 2.50 bits per heavy atom. The van der Waals surface area contributed by atoms with Crippen molar-refractivity contribution in [2.45, 2.75) is 19.8 Å². The molecule has 0 atom stereocenters. The molecule has 1 aromatic carbocycles. The van der Waals surface area contributed by atoms with Gasteiger partial charge >= 0.3 is 0 Å². The largest absolute Gasteiger partial charge is 0.545 e. The summed E-state index contributed by atoms with van der Waals surface area (Å²) in [6.07, 6.45) is 1.61. The average molecular weight is 246 g/mol. The topological polar surface area (TPSA) is 77.5 Å². The highest BCUT2D eigenvalue weighted by atomic mass is 16.4. The zero-order valence-electron chi connectivity index (χ0n) is 9.93. The van der Waals surface area contributed by atoms with Crippen molar-refractivity contribution in [1.82, 2.24) is 4.90 Å². The molecule has 5 nitrogen and oxygen atoms in total. The number of imide groups is 1. The molecule has 0 bridgehead atoms. The van der Waals surface area contributed by atoms with Gasteiger partial charge in [0.05, 0.1) is 17.1 Å². The van der Waals surface area contributed by atoms with Gasteiger partial charge in [0.2, 0.25) is 0 Å². The van der Waals surface area contributed by atoms with Crippen LogP contribution in [0.5, 0.6) is 0 Å². The van der Waals surface area contributed by atoms with Crippen LogP contribution in [0.1, 0.15) is 50.8 Å². The highest BCUT2D eigenvalue weighted by molar-refractivity contribution is 6.21. The van der Waals surface area contributed by atoms with Gasteiger partial charge in [-0.1, -0.05) is 19.4 Å². The fourth-order valence-corrected chi connectivity index (χ4v) is 1.94. The van der Waals surface area contributed by atoms with E-state index in [1.54, 1.807) is 0 Å². The first kappa shape index (κ1) is 12.3. The third-order valence-electron chi connectivity index (χ3n) is 2.94. The predicted molar refractivity (Wildman–Crippen MR) is 61.0 cm³/mol. The smallest absolute Gasteiger partial charge is 0.261 e. The number of carbonyl (C=O) groups excluding carboxylic acids is 3. The van der Waals surface area contributed by atoms with Crippen molar-refractivity contribution in [2.75, 3.05) is 6.54 Å². The highest BCUT2D eigenvalue weighted by Gasteiger charge is 2.34. The minimum absolute atomic E-state index is 0.0905. The van der Waals surface area contributed by atoms with Gasteiger partial charge in [0.1, 0.15) is 0 Å². The van der Waals surface area contributed by atoms with Crippen molar-refractivity contribution in [2.24, 2.45) is 0 Å². The van der Waals surface area contributed by atoms with Gasteiger partial charge in [-0.05, 0) is 24.1 Å². The van der Waals surface area contributed by atoms with Crippen molar-refractivity contribution in [3.63, 3.8) is 0 Å². The number of hydrogen-bond acceptors (Lipinski definition) is 4. The van der Waals surface area contributed by atoms with Crippen LogP contribution < -0.4 is 5.11 Å². The number of amides is 2. The van der Waals surface area contributed by atoms with Crippen molar-refractivity contribution in [3.05, 3.63) is 34.9 Å². The SMILES string of the molecule is CCCCN1C(=O)c2ccc(C(=O)[O-])cc2C1=O. The summed E-state index contributed by atoms with van der Waals surface area (Å²) in [5.74, 6) is -2.13. The average Bonchev–Trinajstić information content (AvgIpc) is 2.59. The monoisotopic (exact) mass is 246 g/mol. The van der Waals surface area contributed by atoms with Crippen LogP contribution in [0, 0.1) is 0 Å². The lowest BCUT2D eigenvalue weighted by atomic mass is 10.1. The maximum absolute atomic E-state index is 12.0. The standard InChI is InChI=1S/C13H13NO4/c1-2-3-6-14-11(15)9-5-4-8(13(17)18)7-10(9)12(14)16/h4-5,7H,2-3,6H2,1H3,(H,17,18)/p-1. The Morgan fingerprint density at radius 1 is 1.22 bits per heavy atom. The van der Waals surface area contributed by atoms with E-state index in [-0.39, 0.29) is 22.6 Å². The Morgan fingerprint density at radius 2 is 1.89 bits per heavy atom. The molecule has 1 aromatic rings. The molecule has 18 heavy (non-hydrogen) atoms.